The van der Waals surface area contributed by atoms with Crippen LogP contribution in [0.4, 0.5) is 5.69 Å². The van der Waals surface area contributed by atoms with Gasteiger partial charge in [0.25, 0.3) is 0 Å². The molecule has 92 valence electrons. The van der Waals surface area contributed by atoms with E-state index in [1.54, 1.807) is 0 Å². The Hall–Kier alpha value is -1.13. The number of benzene rings is 1. The molecule has 2 N–H and O–H groups in total. The van der Waals surface area contributed by atoms with Crippen LogP contribution in [0.2, 0.25) is 0 Å². The summed E-state index contributed by atoms with van der Waals surface area (Å²) in [6.45, 7) is 8.22. The van der Waals surface area contributed by atoms with Crippen LogP contribution < -0.4 is 10.6 Å². The van der Waals surface area contributed by atoms with Crippen molar-refractivity contribution in [2.24, 2.45) is 0 Å². The van der Waals surface area contributed by atoms with Gasteiger partial charge in [-0.25, -0.2) is 0 Å². The summed E-state index contributed by atoms with van der Waals surface area (Å²) in [5, 5.41) is 7.46. The minimum Gasteiger partial charge on any atom is -0.346 e. The predicted molar refractivity (Wildman–Crippen MR) is 76.6 cm³/mol. The van der Waals surface area contributed by atoms with E-state index in [-0.39, 0.29) is 0 Å². The third-order valence-corrected chi connectivity index (χ3v) is 3.52. The van der Waals surface area contributed by atoms with E-state index in [0.29, 0.717) is 0 Å². The average molecular weight is 249 g/mol. The smallest absolute Gasteiger partial charge is 0.173 e. The van der Waals surface area contributed by atoms with Gasteiger partial charge in [-0.1, -0.05) is 6.07 Å². The van der Waals surface area contributed by atoms with E-state index in [4.69, 9.17) is 12.2 Å². The number of nitrogens with one attached hydrogen (secondary N) is 2. The zero-order valence-electron chi connectivity index (χ0n) is 10.4. The fourth-order valence-electron chi connectivity index (χ4n) is 1.89. The third-order valence-electron chi connectivity index (χ3n) is 3.16. The quantitative estimate of drug-likeness (QED) is 0.744. The molecule has 1 aliphatic rings. The van der Waals surface area contributed by atoms with Crippen molar-refractivity contribution in [3.63, 3.8) is 0 Å². The molecule has 1 heterocycles. The predicted octanol–water partition coefficient (Wildman–Crippen LogP) is 1.91. The monoisotopic (exact) mass is 249 g/mol. The van der Waals surface area contributed by atoms with E-state index < -0.39 is 0 Å². The fourth-order valence-corrected chi connectivity index (χ4v) is 2.19. The second-order valence-corrected chi connectivity index (χ2v) is 4.85. The van der Waals surface area contributed by atoms with Gasteiger partial charge in [0.15, 0.2) is 5.11 Å². The molecule has 1 saturated heterocycles. The number of thiocarbonyl (C=S) groups is 1. The van der Waals surface area contributed by atoms with Gasteiger partial charge in [-0.15, -0.1) is 0 Å². The maximum atomic E-state index is 5.42. The first-order chi connectivity index (χ1) is 8.16. The molecule has 0 amide bonds. The van der Waals surface area contributed by atoms with Gasteiger partial charge < -0.3 is 15.5 Å². The summed E-state index contributed by atoms with van der Waals surface area (Å²) in [5.41, 5.74) is 3.68. The third kappa shape index (κ3) is 3.17. The van der Waals surface area contributed by atoms with Crippen LogP contribution in [0.3, 0.4) is 0 Å². The van der Waals surface area contributed by atoms with Gasteiger partial charge in [-0.05, 0) is 49.3 Å². The average Bonchev–Trinajstić information content (AvgIpc) is 2.35. The highest BCUT2D eigenvalue weighted by atomic mass is 32.1. The first-order valence-corrected chi connectivity index (χ1v) is 6.41. The van der Waals surface area contributed by atoms with Crippen molar-refractivity contribution in [1.82, 2.24) is 10.2 Å². The van der Waals surface area contributed by atoms with E-state index in [1.165, 1.54) is 11.1 Å². The molecule has 0 saturated carbocycles. The lowest BCUT2D eigenvalue weighted by atomic mass is 10.1. The van der Waals surface area contributed by atoms with Crippen molar-refractivity contribution in [3.05, 3.63) is 29.3 Å². The van der Waals surface area contributed by atoms with Crippen molar-refractivity contribution in [3.8, 4) is 0 Å². The summed E-state index contributed by atoms with van der Waals surface area (Å²) in [6, 6.07) is 6.35. The molecule has 0 radical (unpaired) electrons. The minimum atomic E-state index is 0.828. The Labute approximate surface area is 108 Å². The minimum absolute atomic E-state index is 0.828. The number of nitrogens with zero attached hydrogens (tertiary/aromatic N) is 1. The molecule has 0 spiro atoms. The molecule has 2 rings (SSSR count). The van der Waals surface area contributed by atoms with Gasteiger partial charge in [0.2, 0.25) is 0 Å². The Kier molecular flexibility index (Phi) is 3.97. The van der Waals surface area contributed by atoms with Crippen LogP contribution in [0.1, 0.15) is 11.1 Å². The van der Waals surface area contributed by atoms with Gasteiger partial charge >= 0.3 is 0 Å². The normalized spacial score (nSPS) is 15.8. The second-order valence-electron chi connectivity index (χ2n) is 4.47. The molecule has 4 heteroatoms. The molecule has 1 aromatic carbocycles. The van der Waals surface area contributed by atoms with E-state index in [9.17, 15) is 0 Å². The molecule has 1 aliphatic heterocycles. The fraction of sp³-hybridized carbons (Fsp3) is 0.462. The van der Waals surface area contributed by atoms with Crippen LogP contribution >= 0.6 is 12.2 Å². The molecular weight excluding hydrogens is 230 g/mol. The zero-order chi connectivity index (χ0) is 12.3. The maximum Gasteiger partial charge on any atom is 0.173 e. The second kappa shape index (κ2) is 5.47. The van der Waals surface area contributed by atoms with Crippen molar-refractivity contribution in [2.45, 2.75) is 13.8 Å². The molecule has 1 fully saturated rings. The first kappa shape index (κ1) is 12.3. The van der Waals surface area contributed by atoms with E-state index >= 15 is 0 Å². The van der Waals surface area contributed by atoms with Gasteiger partial charge in [0.1, 0.15) is 0 Å². The summed E-state index contributed by atoms with van der Waals surface area (Å²) in [7, 11) is 0. The lowest BCUT2D eigenvalue weighted by Crippen LogP contribution is -2.47. The summed E-state index contributed by atoms with van der Waals surface area (Å²) < 4.78 is 0. The van der Waals surface area contributed by atoms with E-state index in [1.807, 2.05) is 0 Å². The summed E-state index contributed by atoms with van der Waals surface area (Å²) in [5.74, 6) is 0. The first-order valence-electron chi connectivity index (χ1n) is 6.01. The summed E-state index contributed by atoms with van der Waals surface area (Å²) in [4.78, 5) is 2.21. The topological polar surface area (TPSA) is 27.3 Å². The van der Waals surface area contributed by atoms with Gasteiger partial charge in [-0.2, -0.15) is 0 Å². The zero-order valence-corrected chi connectivity index (χ0v) is 11.2. The number of piperazine rings is 1. The number of hydrogen-bond donors (Lipinski definition) is 2. The van der Waals surface area contributed by atoms with E-state index in [2.05, 4.69) is 47.6 Å². The Morgan fingerprint density at radius 1 is 1.24 bits per heavy atom. The highest BCUT2D eigenvalue weighted by Gasteiger charge is 2.12. The largest absolute Gasteiger partial charge is 0.346 e. The van der Waals surface area contributed by atoms with Gasteiger partial charge in [0, 0.05) is 31.9 Å². The summed E-state index contributed by atoms with van der Waals surface area (Å²) in [6.07, 6.45) is 0. The molecule has 0 unspecified atom stereocenters. The van der Waals surface area contributed by atoms with Gasteiger partial charge in [0.05, 0.1) is 0 Å². The molecule has 17 heavy (non-hydrogen) atoms. The van der Waals surface area contributed by atoms with Crippen LogP contribution in [-0.2, 0) is 0 Å². The molecular formula is C13H19N3S. The van der Waals surface area contributed by atoms with Crippen molar-refractivity contribution in [2.75, 3.05) is 31.5 Å². The number of aryl methyl sites for hydroxylation is 2. The molecule has 0 atom stereocenters. The SMILES string of the molecule is Cc1ccc(NC(=S)N2CCNCC2)cc1C. The van der Waals surface area contributed by atoms with E-state index in [0.717, 1.165) is 37.0 Å². The number of anilines is 1. The Balaban J connectivity index is 1.99. The molecule has 3 nitrogen and oxygen atoms in total. The highest BCUT2D eigenvalue weighted by Crippen LogP contribution is 2.14. The lowest BCUT2D eigenvalue weighted by molar-refractivity contribution is 0.362. The van der Waals surface area contributed by atoms with Crippen LogP contribution in [0, 0.1) is 13.8 Å². The van der Waals surface area contributed by atoms with Crippen LogP contribution in [0.5, 0.6) is 0 Å². The van der Waals surface area contributed by atoms with Crippen LogP contribution in [0.25, 0.3) is 0 Å². The highest BCUT2D eigenvalue weighted by molar-refractivity contribution is 7.80. The molecule has 0 bridgehead atoms. The van der Waals surface area contributed by atoms with Crippen LogP contribution in [-0.4, -0.2) is 36.2 Å². The van der Waals surface area contributed by atoms with Gasteiger partial charge in [-0.3, -0.25) is 0 Å². The van der Waals surface area contributed by atoms with Crippen molar-refractivity contribution >= 4 is 23.0 Å². The van der Waals surface area contributed by atoms with Crippen molar-refractivity contribution in [1.29, 1.82) is 0 Å². The Morgan fingerprint density at radius 3 is 2.59 bits per heavy atom. The summed E-state index contributed by atoms with van der Waals surface area (Å²) >= 11 is 5.42. The number of hydrogen-bond acceptors (Lipinski definition) is 2. The standard InChI is InChI=1S/C13H19N3S/c1-10-3-4-12(9-11(10)2)15-13(17)16-7-5-14-6-8-16/h3-4,9,14H,5-8H2,1-2H3,(H,15,17). The molecule has 0 aliphatic carbocycles. The molecule has 1 aromatic rings. The Bertz CT molecular complexity index is 411. The number of rotatable bonds is 1. The maximum absolute atomic E-state index is 5.42. The molecule has 0 aromatic heterocycles. The van der Waals surface area contributed by atoms with Crippen molar-refractivity contribution < 1.29 is 0 Å². The van der Waals surface area contributed by atoms with Crippen LogP contribution in [0.15, 0.2) is 18.2 Å². The lowest BCUT2D eigenvalue weighted by Gasteiger charge is -2.30. The Morgan fingerprint density at radius 2 is 1.94 bits per heavy atom.